The van der Waals surface area contributed by atoms with Crippen LogP contribution in [0.4, 0.5) is 0 Å². The minimum atomic E-state index is 0.0768. The van der Waals surface area contributed by atoms with Crippen molar-refractivity contribution in [2.45, 2.75) is 64.8 Å². The molecular weight excluding hydrogens is 328 g/mol. The fourth-order valence-corrected chi connectivity index (χ4v) is 5.19. The van der Waals surface area contributed by atoms with E-state index in [4.69, 9.17) is 4.42 Å². The number of nitrogens with one attached hydrogen (secondary N) is 1. The molecule has 2 amide bonds. The lowest BCUT2D eigenvalue weighted by atomic mass is 9.90. The fourth-order valence-electron chi connectivity index (χ4n) is 5.19. The summed E-state index contributed by atoms with van der Waals surface area (Å²) in [4.78, 5) is 27.4. The van der Waals surface area contributed by atoms with Crippen molar-refractivity contribution in [1.82, 2.24) is 10.2 Å². The van der Waals surface area contributed by atoms with Gasteiger partial charge in [-0.1, -0.05) is 20.3 Å². The third kappa shape index (κ3) is 3.40. The summed E-state index contributed by atoms with van der Waals surface area (Å²) in [6, 6.07) is 3.72. The van der Waals surface area contributed by atoms with Crippen molar-refractivity contribution in [2.24, 2.45) is 16.7 Å². The van der Waals surface area contributed by atoms with Gasteiger partial charge in [-0.15, -0.1) is 0 Å². The van der Waals surface area contributed by atoms with Gasteiger partial charge in [-0.3, -0.25) is 9.59 Å². The van der Waals surface area contributed by atoms with Crippen molar-refractivity contribution in [2.75, 3.05) is 13.1 Å². The van der Waals surface area contributed by atoms with Crippen molar-refractivity contribution in [3.05, 3.63) is 24.2 Å². The largest absolute Gasteiger partial charge is 0.469 e. The van der Waals surface area contributed by atoms with Crippen LogP contribution in [0.15, 0.2) is 22.8 Å². The highest BCUT2D eigenvalue weighted by Gasteiger charge is 2.54. The van der Waals surface area contributed by atoms with Crippen LogP contribution in [-0.2, 0) is 16.0 Å². The summed E-state index contributed by atoms with van der Waals surface area (Å²) in [7, 11) is 0. The first-order chi connectivity index (χ1) is 12.4. The van der Waals surface area contributed by atoms with Crippen molar-refractivity contribution in [3.8, 4) is 0 Å². The predicted octanol–water partition coefficient (Wildman–Crippen LogP) is 3.15. The standard InChI is InChI=1S/C21H30N2O3/c1-20(2)12-15(23(14-20)18(24)11-16-5-4-10-26-16)13-22-19(25)17-6-3-7-21(17)8-9-21/h4-5,10,15,17H,3,6-9,11-14H2,1-2H3,(H,22,25)/t15-,17?/m0/s1. The minimum Gasteiger partial charge on any atom is -0.469 e. The average molecular weight is 358 g/mol. The van der Waals surface area contributed by atoms with E-state index in [1.807, 2.05) is 17.0 Å². The van der Waals surface area contributed by atoms with E-state index in [0.717, 1.165) is 19.4 Å². The molecule has 1 aliphatic heterocycles. The summed E-state index contributed by atoms with van der Waals surface area (Å²) in [5.74, 6) is 1.20. The van der Waals surface area contributed by atoms with E-state index in [1.165, 1.54) is 25.7 Å². The van der Waals surface area contributed by atoms with E-state index >= 15 is 0 Å². The zero-order chi connectivity index (χ0) is 18.4. The minimum absolute atomic E-state index is 0.0768. The Labute approximate surface area is 155 Å². The van der Waals surface area contributed by atoms with Crippen LogP contribution in [0.2, 0.25) is 0 Å². The molecule has 142 valence electrons. The van der Waals surface area contributed by atoms with Gasteiger partial charge in [-0.2, -0.15) is 0 Å². The molecule has 4 rings (SSSR count). The monoisotopic (exact) mass is 358 g/mol. The van der Waals surface area contributed by atoms with E-state index in [-0.39, 0.29) is 29.2 Å². The summed E-state index contributed by atoms with van der Waals surface area (Å²) in [6.45, 7) is 5.69. The Morgan fingerprint density at radius 3 is 2.81 bits per heavy atom. The van der Waals surface area contributed by atoms with Gasteiger partial charge in [0.15, 0.2) is 0 Å². The van der Waals surface area contributed by atoms with Crippen LogP contribution in [0.1, 0.15) is 58.1 Å². The van der Waals surface area contributed by atoms with Crippen LogP contribution in [0.3, 0.4) is 0 Å². The van der Waals surface area contributed by atoms with Crippen molar-refractivity contribution < 1.29 is 14.0 Å². The smallest absolute Gasteiger partial charge is 0.230 e. The van der Waals surface area contributed by atoms with Gasteiger partial charge >= 0.3 is 0 Å². The highest BCUT2D eigenvalue weighted by Crippen LogP contribution is 2.61. The first-order valence-electron chi connectivity index (χ1n) is 9.98. The van der Waals surface area contributed by atoms with Gasteiger partial charge in [0, 0.05) is 25.0 Å². The summed E-state index contributed by atoms with van der Waals surface area (Å²) in [6.07, 6.45) is 8.68. The quantitative estimate of drug-likeness (QED) is 0.879. The van der Waals surface area contributed by atoms with Crippen LogP contribution in [0, 0.1) is 16.7 Å². The molecule has 2 aliphatic carbocycles. The van der Waals surface area contributed by atoms with Crippen LogP contribution >= 0.6 is 0 Å². The molecule has 5 heteroatoms. The van der Waals surface area contributed by atoms with Crippen molar-refractivity contribution in [1.29, 1.82) is 0 Å². The summed E-state index contributed by atoms with van der Waals surface area (Å²) >= 11 is 0. The Hall–Kier alpha value is -1.78. The first kappa shape index (κ1) is 17.6. The van der Waals surface area contributed by atoms with Crippen molar-refractivity contribution in [3.63, 3.8) is 0 Å². The molecular formula is C21H30N2O3. The molecule has 26 heavy (non-hydrogen) atoms. The fraction of sp³-hybridized carbons (Fsp3) is 0.714. The molecule has 1 spiro atoms. The average Bonchev–Trinajstić information content (AvgIpc) is 2.93. The van der Waals surface area contributed by atoms with Gasteiger partial charge in [0.05, 0.1) is 12.7 Å². The molecule has 5 nitrogen and oxygen atoms in total. The number of likely N-dealkylation sites (tertiary alicyclic amines) is 1. The van der Waals surface area contributed by atoms with Gasteiger partial charge in [-0.05, 0) is 55.1 Å². The summed E-state index contributed by atoms with van der Waals surface area (Å²) in [5, 5.41) is 3.19. The van der Waals surface area contributed by atoms with E-state index in [1.54, 1.807) is 6.26 Å². The number of carbonyl (C=O) groups excluding carboxylic acids is 2. The Kier molecular flexibility index (Phi) is 4.36. The molecule has 0 aromatic carbocycles. The van der Waals surface area contributed by atoms with E-state index < -0.39 is 0 Å². The molecule has 3 aliphatic rings. The van der Waals surface area contributed by atoms with Crippen LogP contribution < -0.4 is 5.32 Å². The molecule has 3 fully saturated rings. The normalized spacial score (nSPS) is 28.5. The number of hydrogen-bond donors (Lipinski definition) is 1. The van der Waals surface area contributed by atoms with E-state index in [2.05, 4.69) is 19.2 Å². The zero-order valence-electron chi connectivity index (χ0n) is 15.9. The Balaban J connectivity index is 1.37. The number of rotatable bonds is 5. The lowest BCUT2D eigenvalue weighted by molar-refractivity contribution is -0.133. The maximum absolute atomic E-state index is 12.8. The number of amides is 2. The lowest BCUT2D eigenvalue weighted by Crippen LogP contribution is -2.45. The number of nitrogens with zero attached hydrogens (tertiary/aromatic N) is 1. The maximum Gasteiger partial charge on any atom is 0.230 e. The van der Waals surface area contributed by atoms with Gasteiger partial charge in [0.25, 0.3) is 0 Å². The zero-order valence-corrected chi connectivity index (χ0v) is 15.9. The predicted molar refractivity (Wildman–Crippen MR) is 98.3 cm³/mol. The SMILES string of the molecule is CC1(C)C[C@@H](CNC(=O)C2CCCC23CC3)N(C(=O)Cc2ccco2)C1. The molecule has 0 radical (unpaired) electrons. The molecule has 2 saturated carbocycles. The van der Waals surface area contributed by atoms with Crippen LogP contribution in [0.25, 0.3) is 0 Å². The van der Waals surface area contributed by atoms with Gasteiger partial charge in [0.2, 0.25) is 11.8 Å². The molecule has 1 unspecified atom stereocenters. The molecule has 0 bridgehead atoms. The van der Waals surface area contributed by atoms with Gasteiger partial charge < -0.3 is 14.6 Å². The number of hydrogen-bond acceptors (Lipinski definition) is 3. The molecule has 1 aromatic rings. The molecule has 2 atom stereocenters. The van der Waals surface area contributed by atoms with Crippen LogP contribution in [-0.4, -0.2) is 35.8 Å². The Morgan fingerprint density at radius 1 is 1.31 bits per heavy atom. The third-order valence-corrected chi connectivity index (χ3v) is 6.68. The molecule has 1 aromatic heterocycles. The van der Waals surface area contributed by atoms with E-state index in [0.29, 0.717) is 24.1 Å². The molecule has 2 heterocycles. The second-order valence-corrected chi connectivity index (χ2v) is 9.35. The van der Waals surface area contributed by atoms with Gasteiger partial charge in [0.1, 0.15) is 5.76 Å². The summed E-state index contributed by atoms with van der Waals surface area (Å²) < 4.78 is 5.33. The van der Waals surface area contributed by atoms with E-state index in [9.17, 15) is 9.59 Å². The Morgan fingerprint density at radius 2 is 2.12 bits per heavy atom. The molecule has 1 saturated heterocycles. The number of furan rings is 1. The van der Waals surface area contributed by atoms with Crippen LogP contribution in [0.5, 0.6) is 0 Å². The number of carbonyl (C=O) groups is 2. The topological polar surface area (TPSA) is 62.6 Å². The second-order valence-electron chi connectivity index (χ2n) is 9.35. The summed E-state index contributed by atoms with van der Waals surface area (Å²) in [5.41, 5.74) is 0.410. The highest BCUT2D eigenvalue weighted by atomic mass is 16.3. The second kappa shape index (κ2) is 6.43. The lowest BCUT2D eigenvalue weighted by Gasteiger charge is -2.26. The molecule has 1 N–H and O–H groups in total. The Bertz CT molecular complexity index is 675. The third-order valence-electron chi connectivity index (χ3n) is 6.68. The van der Waals surface area contributed by atoms with Crippen molar-refractivity contribution >= 4 is 11.8 Å². The first-order valence-corrected chi connectivity index (χ1v) is 9.98. The highest BCUT2D eigenvalue weighted by molar-refractivity contribution is 5.81. The van der Waals surface area contributed by atoms with Gasteiger partial charge in [-0.25, -0.2) is 0 Å². The maximum atomic E-state index is 12.8.